The van der Waals surface area contributed by atoms with Gasteiger partial charge in [0.15, 0.2) is 5.13 Å². The first kappa shape index (κ1) is 16.2. The number of ether oxygens (including phenoxy) is 1. The van der Waals surface area contributed by atoms with Gasteiger partial charge < -0.3 is 14.6 Å². The Bertz CT molecular complexity index is 694. The minimum Gasteiger partial charge on any atom is -0.376 e. The highest BCUT2D eigenvalue weighted by Gasteiger charge is 2.21. The molecule has 1 atom stereocenters. The third-order valence-electron chi connectivity index (χ3n) is 5.45. The Morgan fingerprint density at radius 3 is 2.83 bits per heavy atom. The van der Waals surface area contributed by atoms with Crippen molar-refractivity contribution < 1.29 is 4.74 Å². The van der Waals surface area contributed by atoms with E-state index in [4.69, 9.17) is 9.72 Å². The van der Waals surface area contributed by atoms with Gasteiger partial charge in [-0.3, -0.25) is 0 Å². The number of thiazole rings is 1. The first-order valence-corrected chi connectivity index (χ1v) is 10.1. The van der Waals surface area contributed by atoms with Crippen LogP contribution in [0.3, 0.4) is 0 Å². The lowest BCUT2D eigenvalue weighted by atomic mass is 10.2. The van der Waals surface area contributed by atoms with Crippen LogP contribution in [0.5, 0.6) is 0 Å². The molecule has 1 aliphatic carbocycles. The van der Waals surface area contributed by atoms with Crippen LogP contribution in [0.15, 0.2) is 11.4 Å². The topological polar surface area (TPSA) is 39.1 Å². The van der Waals surface area contributed by atoms with Crippen molar-refractivity contribution in [3.63, 3.8) is 0 Å². The van der Waals surface area contributed by atoms with Crippen LogP contribution in [0.1, 0.15) is 49.9 Å². The Balaban J connectivity index is 1.52. The first-order chi connectivity index (χ1) is 11.7. The fourth-order valence-electron chi connectivity index (χ4n) is 4.04. The van der Waals surface area contributed by atoms with Crippen molar-refractivity contribution in [3.8, 4) is 11.3 Å². The molecule has 2 aromatic heterocycles. The van der Waals surface area contributed by atoms with Crippen molar-refractivity contribution in [1.29, 1.82) is 0 Å². The molecule has 2 aliphatic rings. The van der Waals surface area contributed by atoms with Crippen molar-refractivity contribution in [1.82, 2.24) is 9.55 Å². The number of rotatable bonds is 5. The molecule has 24 heavy (non-hydrogen) atoms. The van der Waals surface area contributed by atoms with Crippen LogP contribution in [0.4, 0.5) is 5.13 Å². The van der Waals surface area contributed by atoms with E-state index in [1.165, 1.54) is 55.5 Å². The van der Waals surface area contributed by atoms with Gasteiger partial charge in [0, 0.05) is 41.5 Å². The van der Waals surface area contributed by atoms with Gasteiger partial charge in [-0.15, -0.1) is 11.3 Å². The van der Waals surface area contributed by atoms with Gasteiger partial charge in [-0.2, -0.15) is 0 Å². The Hall–Kier alpha value is -1.33. The van der Waals surface area contributed by atoms with Crippen molar-refractivity contribution in [2.24, 2.45) is 0 Å². The van der Waals surface area contributed by atoms with E-state index in [2.05, 4.69) is 35.2 Å². The van der Waals surface area contributed by atoms with E-state index in [0.717, 1.165) is 24.0 Å². The van der Waals surface area contributed by atoms with Gasteiger partial charge >= 0.3 is 0 Å². The predicted molar refractivity (Wildman–Crippen MR) is 99.9 cm³/mol. The molecule has 0 radical (unpaired) electrons. The molecule has 4 rings (SSSR count). The number of nitrogens with zero attached hydrogens (tertiary/aromatic N) is 2. The summed E-state index contributed by atoms with van der Waals surface area (Å²) in [6.07, 6.45) is 8.01. The molecule has 0 bridgehead atoms. The highest BCUT2D eigenvalue weighted by molar-refractivity contribution is 7.14. The lowest BCUT2D eigenvalue weighted by molar-refractivity contribution is 0.0962. The second kappa shape index (κ2) is 6.89. The molecule has 0 amide bonds. The van der Waals surface area contributed by atoms with E-state index in [-0.39, 0.29) is 0 Å². The third-order valence-corrected chi connectivity index (χ3v) is 6.22. The fourth-order valence-corrected chi connectivity index (χ4v) is 4.83. The van der Waals surface area contributed by atoms with Gasteiger partial charge in [0.25, 0.3) is 0 Å². The molecule has 2 aromatic rings. The maximum Gasteiger partial charge on any atom is 0.183 e. The zero-order valence-corrected chi connectivity index (χ0v) is 15.5. The maximum atomic E-state index is 5.82. The lowest BCUT2D eigenvalue weighted by Gasteiger charge is -2.14. The largest absolute Gasteiger partial charge is 0.376 e. The summed E-state index contributed by atoms with van der Waals surface area (Å²) in [6, 6.07) is 2.90. The summed E-state index contributed by atoms with van der Waals surface area (Å²) in [5.74, 6) is 0. The van der Waals surface area contributed by atoms with E-state index >= 15 is 0 Å². The fraction of sp³-hybridized carbons (Fsp3) is 0.632. The smallest absolute Gasteiger partial charge is 0.183 e. The summed E-state index contributed by atoms with van der Waals surface area (Å²) in [7, 11) is 0. The molecular formula is C19H27N3OS. The van der Waals surface area contributed by atoms with Gasteiger partial charge in [-0.25, -0.2) is 4.98 Å². The first-order valence-electron chi connectivity index (χ1n) is 9.21. The molecule has 0 aromatic carbocycles. The number of hydrogen-bond donors (Lipinski definition) is 1. The monoisotopic (exact) mass is 345 g/mol. The number of aryl methyl sites for hydroxylation is 1. The van der Waals surface area contributed by atoms with Crippen LogP contribution in [0, 0.1) is 13.8 Å². The third kappa shape index (κ3) is 3.24. The standard InChI is InChI=1S/C19H27N3OS/c1-13-10-17(14(2)22(13)11-16-8-5-9-23-16)18-12-24-19(21-18)20-15-6-3-4-7-15/h10,12,15-16H,3-9,11H2,1-2H3,(H,20,21). The second-order valence-electron chi connectivity index (χ2n) is 7.19. The van der Waals surface area contributed by atoms with E-state index < -0.39 is 0 Å². The number of hydrogen-bond acceptors (Lipinski definition) is 4. The maximum absolute atomic E-state index is 5.82. The molecule has 1 saturated carbocycles. The number of aromatic nitrogens is 2. The van der Waals surface area contributed by atoms with Crippen LogP contribution >= 0.6 is 11.3 Å². The van der Waals surface area contributed by atoms with Gasteiger partial charge in [0.05, 0.1) is 11.8 Å². The summed E-state index contributed by atoms with van der Waals surface area (Å²) in [5, 5.41) is 6.87. The van der Waals surface area contributed by atoms with Crippen LogP contribution < -0.4 is 5.32 Å². The molecule has 4 nitrogen and oxygen atoms in total. The van der Waals surface area contributed by atoms with Crippen LogP contribution in [-0.4, -0.2) is 28.3 Å². The molecule has 5 heteroatoms. The second-order valence-corrected chi connectivity index (χ2v) is 8.05. The Morgan fingerprint density at radius 2 is 2.08 bits per heavy atom. The average molecular weight is 346 g/mol. The molecule has 1 saturated heterocycles. The quantitative estimate of drug-likeness (QED) is 0.849. The highest BCUT2D eigenvalue weighted by Crippen LogP contribution is 2.32. The Kier molecular flexibility index (Phi) is 4.63. The molecule has 1 unspecified atom stereocenters. The average Bonchev–Trinajstić information content (AvgIpc) is 3.33. The van der Waals surface area contributed by atoms with Gasteiger partial charge in [0.1, 0.15) is 0 Å². The zero-order valence-electron chi connectivity index (χ0n) is 14.7. The van der Waals surface area contributed by atoms with Gasteiger partial charge in [-0.05, 0) is 45.6 Å². The van der Waals surface area contributed by atoms with Crippen molar-refractivity contribution in [2.75, 3.05) is 11.9 Å². The number of anilines is 1. The lowest BCUT2D eigenvalue weighted by Crippen LogP contribution is -2.16. The Morgan fingerprint density at radius 1 is 1.25 bits per heavy atom. The molecule has 1 aliphatic heterocycles. The SMILES string of the molecule is Cc1cc(-c2csc(NC3CCCC3)n2)c(C)n1CC1CCCO1. The highest BCUT2D eigenvalue weighted by atomic mass is 32.1. The minimum absolute atomic E-state index is 0.373. The number of nitrogens with one attached hydrogen (secondary N) is 1. The van der Waals surface area contributed by atoms with Crippen molar-refractivity contribution in [2.45, 2.75) is 71.1 Å². The summed E-state index contributed by atoms with van der Waals surface area (Å²) >= 11 is 1.73. The summed E-state index contributed by atoms with van der Waals surface area (Å²) < 4.78 is 8.21. The van der Waals surface area contributed by atoms with Crippen LogP contribution in [0.25, 0.3) is 11.3 Å². The van der Waals surface area contributed by atoms with E-state index in [0.29, 0.717) is 12.1 Å². The summed E-state index contributed by atoms with van der Waals surface area (Å²) in [6.45, 7) is 6.28. The summed E-state index contributed by atoms with van der Waals surface area (Å²) in [4.78, 5) is 4.85. The van der Waals surface area contributed by atoms with Gasteiger partial charge in [-0.1, -0.05) is 12.8 Å². The molecule has 3 heterocycles. The normalized spacial score (nSPS) is 21.7. The molecule has 1 N–H and O–H groups in total. The molecule has 2 fully saturated rings. The van der Waals surface area contributed by atoms with E-state index in [1.54, 1.807) is 11.3 Å². The summed E-state index contributed by atoms with van der Waals surface area (Å²) in [5.41, 5.74) is 4.98. The van der Waals surface area contributed by atoms with Crippen molar-refractivity contribution in [3.05, 3.63) is 22.8 Å². The van der Waals surface area contributed by atoms with E-state index in [1.807, 2.05) is 0 Å². The van der Waals surface area contributed by atoms with Crippen LogP contribution in [-0.2, 0) is 11.3 Å². The van der Waals surface area contributed by atoms with E-state index in [9.17, 15) is 0 Å². The van der Waals surface area contributed by atoms with Crippen LogP contribution in [0.2, 0.25) is 0 Å². The minimum atomic E-state index is 0.373. The van der Waals surface area contributed by atoms with Crippen molar-refractivity contribution >= 4 is 16.5 Å². The van der Waals surface area contributed by atoms with Gasteiger partial charge in [0.2, 0.25) is 0 Å². The zero-order chi connectivity index (χ0) is 16.5. The predicted octanol–water partition coefficient (Wildman–Crippen LogP) is 4.76. The molecule has 0 spiro atoms. The molecule has 130 valence electrons. The Labute approximate surface area is 148 Å². The molecular weight excluding hydrogens is 318 g/mol.